The third-order valence-electron chi connectivity index (χ3n) is 6.67. The van der Waals surface area contributed by atoms with E-state index in [1.54, 1.807) is 13.0 Å². The maximum atomic E-state index is 13.7. The molecule has 3 amide bonds. The van der Waals surface area contributed by atoms with Crippen molar-refractivity contribution in [3.8, 4) is 0 Å². The molecular weight excluding hydrogens is 411 g/mol. The van der Waals surface area contributed by atoms with Crippen LogP contribution in [0.5, 0.6) is 0 Å². The van der Waals surface area contributed by atoms with Gasteiger partial charge >= 0.3 is 0 Å². The summed E-state index contributed by atoms with van der Waals surface area (Å²) in [6.07, 6.45) is 4.16. The predicted octanol–water partition coefficient (Wildman–Crippen LogP) is 3.00. The zero-order valence-electron chi connectivity index (χ0n) is 18.0. The highest BCUT2D eigenvalue weighted by Gasteiger charge is 2.39. The first-order valence-corrected chi connectivity index (χ1v) is 10.9. The van der Waals surface area contributed by atoms with Gasteiger partial charge in [-0.05, 0) is 56.5 Å². The van der Waals surface area contributed by atoms with Gasteiger partial charge in [0.2, 0.25) is 5.91 Å². The van der Waals surface area contributed by atoms with E-state index in [4.69, 9.17) is 0 Å². The number of carbonyl (C=O) groups is 3. The summed E-state index contributed by atoms with van der Waals surface area (Å²) in [6.45, 7) is 5.24. The number of hydrogen-bond acceptors (Lipinski definition) is 3. The van der Waals surface area contributed by atoms with Gasteiger partial charge in [-0.3, -0.25) is 14.4 Å². The smallest absolute Gasteiger partial charge is 0.256 e. The molecule has 2 aliphatic heterocycles. The van der Waals surface area contributed by atoms with Crippen LogP contribution in [0.4, 0.5) is 10.1 Å². The van der Waals surface area contributed by atoms with E-state index in [-0.39, 0.29) is 29.7 Å². The van der Waals surface area contributed by atoms with Crippen molar-refractivity contribution in [1.82, 2.24) is 15.2 Å². The van der Waals surface area contributed by atoms with Crippen molar-refractivity contribution in [3.05, 3.63) is 52.1 Å². The van der Waals surface area contributed by atoms with Gasteiger partial charge in [-0.1, -0.05) is 6.42 Å². The van der Waals surface area contributed by atoms with E-state index in [2.05, 4.69) is 15.6 Å². The van der Waals surface area contributed by atoms with Crippen LogP contribution in [0.1, 0.15) is 52.1 Å². The molecule has 1 aliphatic carbocycles. The molecule has 1 saturated carbocycles. The van der Waals surface area contributed by atoms with Gasteiger partial charge in [0.05, 0.1) is 17.1 Å². The molecule has 166 valence electrons. The number of aromatic amines is 1. The van der Waals surface area contributed by atoms with Crippen molar-refractivity contribution in [3.63, 3.8) is 0 Å². The molecule has 2 aromatic rings. The molecule has 0 spiro atoms. The van der Waals surface area contributed by atoms with E-state index < -0.39 is 5.82 Å². The molecule has 32 heavy (non-hydrogen) atoms. The van der Waals surface area contributed by atoms with Crippen LogP contribution in [0.2, 0.25) is 0 Å². The van der Waals surface area contributed by atoms with Crippen molar-refractivity contribution in [2.24, 2.45) is 5.92 Å². The zero-order chi connectivity index (χ0) is 22.6. The van der Waals surface area contributed by atoms with Crippen LogP contribution in [0.3, 0.4) is 0 Å². The molecule has 0 bridgehead atoms. The number of H-pyrrole nitrogens is 1. The Kier molecular flexibility index (Phi) is 4.87. The lowest BCUT2D eigenvalue weighted by atomic mass is 10.0. The molecule has 5 rings (SSSR count). The van der Waals surface area contributed by atoms with E-state index in [1.165, 1.54) is 18.2 Å². The molecule has 1 saturated heterocycles. The van der Waals surface area contributed by atoms with Gasteiger partial charge in [0.15, 0.2) is 0 Å². The van der Waals surface area contributed by atoms with Crippen LogP contribution >= 0.6 is 0 Å². The van der Waals surface area contributed by atoms with Gasteiger partial charge in [-0.25, -0.2) is 4.39 Å². The molecule has 1 aromatic heterocycles. The summed E-state index contributed by atoms with van der Waals surface area (Å²) < 4.78 is 13.7. The number of amides is 3. The number of halogens is 1. The fourth-order valence-corrected chi connectivity index (χ4v) is 4.88. The van der Waals surface area contributed by atoms with Crippen LogP contribution in [-0.4, -0.2) is 46.7 Å². The van der Waals surface area contributed by atoms with Crippen LogP contribution in [0.25, 0.3) is 11.6 Å². The fourth-order valence-electron chi connectivity index (χ4n) is 4.88. The summed E-state index contributed by atoms with van der Waals surface area (Å²) in [5.41, 5.74) is 3.92. The summed E-state index contributed by atoms with van der Waals surface area (Å²) in [5, 5.41) is 5.81. The van der Waals surface area contributed by atoms with Gasteiger partial charge in [0.1, 0.15) is 5.82 Å². The minimum atomic E-state index is -0.422. The number of aryl methyl sites for hydroxylation is 1. The van der Waals surface area contributed by atoms with Gasteiger partial charge in [-0.15, -0.1) is 0 Å². The number of carbonyl (C=O) groups excluding carboxylic acids is 3. The second-order valence-corrected chi connectivity index (χ2v) is 8.81. The van der Waals surface area contributed by atoms with Gasteiger partial charge in [0.25, 0.3) is 11.8 Å². The Morgan fingerprint density at radius 2 is 2.00 bits per heavy atom. The predicted molar refractivity (Wildman–Crippen MR) is 118 cm³/mol. The van der Waals surface area contributed by atoms with Crippen LogP contribution in [0, 0.1) is 25.6 Å². The Hall–Kier alpha value is -3.42. The number of aromatic nitrogens is 1. The zero-order valence-corrected chi connectivity index (χ0v) is 18.0. The molecule has 8 heteroatoms. The van der Waals surface area contributed by atoms with E-state index in [1.807, 2.05) is 11.8 Å². The molecular formula is C24H25FN4O3. The lowest BCUT2D eigenvalue weighted by molar-refractivity contribution is -0.130. The molecule has 3 aliphatic rings. The Labute approximate surface area is 185 Å². The average molecular weight is 436 g/mol. The fraction of sp³-hybridized carbons (Fsp3) is 0.375. The van der Waals surface area contributed by atoms with Crippen molar-refractivity contribution in [1.29, 1.82) is 0 Å². The van der Waals surface area contributed by atoms with Crippen LogP contribution in [-0.2, 0) is 9.59 Å². The Balaban J connectivity index is 1.41. The molecule has 1 aromatic carbocycles. The molecule has 3 heterocycles. The van der Waals surface area contributed by atoms with Crippen molar-refractivity contribution < 1.29 is 18.8 Å². The summed E-state index contributed by atoms with van der Waals surface area (Å²) >= 11 is 0. The summed E-state index contributed by atoms with van der Waals surface area (Å²) in [7, 11) is 0. The monoisotopic (exact) mass is 436 g/mol. The van der Waals surface area contributed by atoms with Gasteiger partial charge in [0, 0.05) is 41.8 Å². The average Bonchev–Trinajstić information content (AvgIpc) is 3.34. The summed E-state index contributed by atoms with van der Waals surface area (Å²) in [5.74, 6) is -0.979. The number of anilines is 1. The van der Waals surface area contributed by atoms with Crippen LogP contribution in [0.15, 0.2) is 18.2 Å². The van der Waals surface area contributed by atoms with E-state index in [0.717, 1.165) is 32.4 Å². The first-order chi connectivity index (χ1) is 15.3. The lowest BCUT2D eigenvalue weighted by Crippen LogP contribution is -2.42. The molecule has 0 unspecified atom stereocenters. The van der Waals surface area contributed by atoms with Crippen LogP contribution < -0.4 is 10.6 Å². The number of benzene rings is 1. The number of rotatable bonds is 4. The second kappa shape index (κ2) is 7.62. The third kappa shape index (κ3) is 3.49. The van der Waals surface area contributed by atoms with Gasteiger partial charge < -0.3 is 20.5 Å². The topological polar surface area (TPSA) is 94.1 Å². The molecule has 3 N–H and O–H groups in total. The first kappa shape index (κ1) is 20.5. The normalized spacial score (nSPS) is 22.8. The number of fused-ring (bicyclic) bond motifs is 1. The SMILES string of the molecule is Cc1[nH]c(/C=C2\C(=O)Nc3ccc(F)cc32)c(C)c1C(=O)N[C@@H]1CCC[C@@H]1C(=O)N1CC1. The number of nitrogens with one attached hydrogen (secondary N) is 3. The maximum absolute atomic E-state index is 13.7. The largest absolute Gasteiger partial charge is 0.358 e. The van der Waals surface area contributed by atoms with Crippen molar-refractivity contribution >= 4 is 35.1 Å². The van der Waals surface area contributed by atoms with Crippen molar-refractivity contribution in [2.75, 3.05) is 18.4 Å². The van der Waals surface area contributed by atoms with Gasteiger partial charge in [-0.2, -0.15) is 0 Å². The number of nitrogens with zero attached hydrogens (tertiary/aromatic N) is 1. The molecule has 2 fully saturated rings. The molecule has 7 nitrogen and oxygen atoms in total. The highest BCUT2D eigenvalue weighted by atomic mass is 19.1. The highest BCUT2D eigenvalue weighted by Crippen LogP contribution is 2.35. The van der Waals surface area contributed by atoms with E-state index >= 15 is 0 Å². The Morgan fingerprint density at radius 3 is 2.75 bits per heavy atom. The van der Waals surface area contributed by atoms with E-state index in [9.17, 15) is 18.8 Å². The minimum absolute atomic E-state index is 0.138. The molecule has 0 radical (unpaired) electrons. The Morgan fingerprint density at radius 1 is 1.22 bits per heavy atom. The second-order valence-electron chi connectivity index (χ2n) is 8.81. The van der Waals surface area contributed by atoms with E-state index in [0.29, 0.717) is 39.3 Å². The molecule has 2 atom stereocenters. The summed E-state index contributed by atoms with van der Waals surface area (Å²) in [4.78, 5) is 43.1. The Bertz CT molecular complexity index is 1180. The standard InChI is InChI=1S/C24H25FN4O3/c1-12-20(11-17-16-10-14(25)6-7-19(16)27-22(17)30)26-13(2)21(12)23(31)28-18-5-3-4-15(18)24(32)29-8-9-29/h6-7,10-11,15,18,26H,3-5,8-9H2,1-2H3,(H,27,30)(H,28,31)/b17-11-/t15-,18+/m0/s1. The number of hydrogen-bond donors (Lipinski definition) is 3. The summed E-state index contributed by atoms with van der Waals surface area (Å²) in [6, 6.07) is 3.99. The minimum Gasteiger partial charge on any atom is -0.358 e. The third-order valence-corrected chi connectivity index (χ3v) is 6.67. The lowest BCUT2D eigenvalue weighted by Gasteiger charge is -2.20. The quantitative estimate of drug-likeness (QED) is 0.508. The van der Waals surface area contributed by atoms with Crippen molar-refractivity contribution in [2.45, 2.75) is 39.2 Å². The first-order valence-electron chi connectivity index (χ1n) is 10.9. The highest BCUT2D eigenvalue weighted by molar-refractivity contribution is 6.34. The maximum Gasteiger partial charge on any atom is 0.256 e.